The number of aromatic nitrogens is 1. The fourth-order valence-corrected chi connectivity index (χ4v) is 8.04. The lowest BCUT2D eigenvalue weighted by atomic mass is 10.1. The van der Waals surface area contributed by atoms with Crippen LogP contribution in [-0.2, 0) is 43.5 Å². The second-order valence-electron chi connectivity index (χ2n) is 9.04. The number of sulfone groups is 1. The van der Waals surface area contributed by atoms with Crippen molar-refractivity contribution >= 4 is 65.5 Å². The van der Waals surface area contributed by atoms with Gasteiger partial charge in [0.2, 0.25) is 5.91 Å². The van der Waals surface area contributed by atoms with Crippen LogP contribution in [0.25, 0.3) is 10.2 Å². The van der Waals surface area contributed by atoms with Gasteiger partial charge in [-0.15, -0.1) is 11.3 Å². The first-order valence-corrected chi connectivity index (χ1v) is 16.2. The van der Waals surface area contributed by atoms with E-state index in [2.05, 4.69) is 10.3 Å². The molecule has 13 heteroatoms. The summed E-state index contributed by atoms with van der Waals surface area (Å²) in [5.74, 6) is -3.37. The zero-order valence-corrected chi connectivity index (χ0v) is 24.5. The van der Waals surface area contributed by atoms with Crippen molar-refractivity contribution in [3.63, 3.8) is 0 Å². The summed E-state index contributed by atoms with van der Waals surface area (Å²) < 4.78 is 38.6. The Morgan fingerprint density at radius 2 is 1.85 bits per heavy atom. The van der Waals surface area contributed by atoms with Gasteiger partial charge in [0.1, 0.15) is 22.3 Å². The molecular weight excluding hydrogens is 563 g/mol. The third kappa shape index (κ3) is 6.76. The summed E-state index contributed by atoms with van der Waals surface area (Å²) in [5.41, 5.74) is 2.01. The number of ether oxygens (including phenoxy) is 2. The highest BCUT2D eigenvalue weighted by atomic mass is 32.2. The van der Waals surface area contributed by atoms with E-state index in [4.69, 9.17) is 9.47 Å². The number of carbonyl (C=O) groups is 3. The molecule has 1 N–H and O–H groups in total. The van der Waals surface area contributed by atoms with Crippen LogP contribution in [0.15, 0.2) is 23.2 Å². The summed E-state index contributed by atoms with van der Waals surface area (Å²) in [5, 5.41) is 2.86. The topological polar surface area (TPSA) is 133 Å². The molecule has 0 unspecified atom stereocenters. The summed E-state index contributed by atoms with van der Waals surface area (Å²) in [4.78, 5) is 43.3. The van der Waals surface area contributed by atoms with Gasteiger partial charge >= 0.3 is 5.97 Å². The van der Waals surface area contributed by atoms with Crippen molar-refractivity contribution in [3.05, 3.63) is 39.0 Å². The molecule has 210 valence electrons. The molecule has 0 bridgehead atoms. The van der Waals surface area contributed by atoms with Crippen molar-refractivity contribution in [2.24, 2.45) is 4.99 Å². The molecule has 2 aromatic heterocycles. The molecule has 1 aliphatic carbocycles. The number of rotatable bonds is 9. The van der Waals surface area contributed by atoms with E-state index in [1.165, 1.54) is 29.8 Å². The van der Waals surface area contributed by atoms with Crippen molar-refractivity contribution in [3.8, 4) is 5.75 Å². The Hall–Kier alpha value is -3.03. The number of nitrogens with zero attached hydrogens (tertiary/aromatic N) is 2. The van der Waals surface area contributed by atoms with E-state index in [-0.39, 0.29) is 10.6 Å². The number of thiazole rings is 1. The maximum Gasteiger partial charge on any atom is 0.341 e. The number of amides is 2. The minimum absolute atomic E-state index is 0.283. The van der Waals surface area contributed by atoms with Crippen molar-refractivity contribution in [1.29, 1.82) is 0 Å². The van der Waals surface area contributed by atoms with Crippen molar-refractivity contribution in [2.75, 3.05) is 30.5 Å². The van der Waals surface area contributed by atoms with Gasteiger partial charge in [-0.1, -0.05) is 17.8 Å². The summed E-state index contributed by atoms with van der Waals surface area (Å²) in [6, 6.07) is 5.56. The van der Waals surface area contributed by atoms with Gasteiger partial charge in [-0.25, -0.2) is 13.2 Å². The molecule has 0 atom stereocenters. The lowest BCUT2D eigenvalue weighted by Crippen LogP contribution is -2.28. The van der Waals surface area contributed by atoms with E-state index >= 15 is 0 Å². The third-order valence-electron chi connectivity index (χ3n) is 6.26. The van der Waals surface area contributed by atoms with E-state index in [0.29, 0.717) is 30.1 Å². The maximum absolute atomic E-state index is 12.7. The van der Waals surface area contributed by atoms with Gasteiger partial charge in [0.15, 0.2) is 14.6 Å². The molecule has 4 rings (SSSR count). The number of anilines is 1. The number of carbonyl (C=O) groups excluding carboxylic acids is 3. The molecule has 1 aliphatic rings. The molecule has 0 saturated carbocycles. The second kappa shape index (κ2) is 12.4. The van der Waals surface area contributed by atoms with Gasteiger partial charge in [0.25, 0.3) is 5.91 Å². The van der Waals surface area contributed by atoms with Crippen molar-refractivity contribution in [1.82, 2.24) is 4.57 Å². The number of thiophene rings is 1. The number of hydrogen-bond acceptors (Lipinski definition) is 9. The fourth-order valence-electron chi connectivity index (χ4n) is 4.59. The molecule has 0 spiro atoms. The molecule has 1 aromatic carbocycles. The molecule has 2 heterocycles. The minimum Gasteiger partial charge on any atom is -0.494 e. The number of benzene rings is 1. The van der Waals surface area contributed by atoms with Crippen LogP contribution < -0.4 is 14.9 Å². The molecule has 2 amide bonds. The summed E-state index contributed by atoms with van der Waals surface area (Å²) in [7, 11) is -2.85. The molecule has 0 aliphatic heterocycles. The maximum atomic E-state index is 12.7. The lowest BCUT2D eigenvalue weighted by Gasteiger charge is -2.07. The average molecular weight is 594 g/mol. The Bertz CT molecular complexity index is 1580. The minimum atomic E-state index is -4.12. The number of esters is 1. The highest BCUT2D eigenvalue weighted by Crippen LogP contribution is 2.38. The van der Waals surface area contributed by atoms with Gasteiger partial charge in [0.05, 0.1) is 29.5 Å². The smallest absolute Gasteiger partial charge is 0.341 e. The SMILES string of the molecule is CCOc1ccc2c(c1)sc(=NC(=O)CS(=O)(=O)CC(=O)Nc1sc3c(c1C(=O)OC)CCCCC3)n2CC. The number of methoxy groups -OCH3 is 1. The standard InChI is InChI=1S/C26H31N3O7S3/c1-4-29-18-12-11-16(36-5-2)13-20(18)38-26(29)28-22(31)15-39(33,34)14-21(30)27-24-23(25(32)35-3)17-9-7-6-8-10-19(17)37-24/h11-13H,4-10,14-15H2,1-3H3,(H,27,30). The second-order valence-corrected chi connectivity index (χ2v) is 13.2. The van der Waals surface area contributed by atoms with Crippen LogP contribution in [0.4, 0.5) is 5.00 Å². The van der Waals surface area contributed by atoms with Crippen LogP contribution in [0.1, 0.15) is 53.9 Å². The van der Waals surface area contributed by atoms with E-state index in [0.717, 1.165) is 46.3 Å². The molecule has 0 radical (unpaired) electrons. The monoisotopic (exact) mass is 593 g/mol. The molecule has 0 fully saturated rings. The Morgan fingerprint density at radius 1 is 1.08 bits per heavy atom. The Morgan fingerprint density at radius 3 is 2.56 bits per heavy atom. The van der Waals surface area contributed by atoms with Crippen molar-refractivity contribution in [2.45, 2.75) is 52.5 Å². The van der Waals surface area contributed by atoms with Crippen LogP contribution >= 0.6 is 22.7 Å². The first kappa shape index (κ1) is 29.0. The number of nitrogens with one attached hydrogen (secondary N) is 1. The highest BCUT2D eigenvalue weighted by molar-refractivity contribution is 7.92. The van der Waals surface area contributed by atoms with Gasteiger partial charge in [-0.05, 0) is 63.3 Å². The van der Waals surface area contributed by atoms with E-state index in [9.17, 15) is 22.8 Å². The highest BCUT2D eigenvalue weighted by Gasteiger charge is 2.28. The Kier molecular flexibility index (Phi) is 9.23. The summed E-state index contributed by atoms with van der Waals surface area (Å²) >= 11 is 2.53. The quantitative estimate of drug-likeness (QED) is 0.295. The lowest BCUT2D eigenvalue weighted by molar-refractivity contribution is -0.115. The Balaban J connectivity index is 1.50. The van der Waals surface area contributed by atoms with E-state index < -0.39 is 39.1 Å². The zero-order valence-electron chi connectivity index (χ0n) is 22.1. The molecule has 0 saturated heterocycles. The molecule has 39 heavy (non-hydrogen) atoms. The van der Waals surface area contributed by atoms with Crippen LogP contribution in [0.3, 0.4) is 0 Å². The predicted molar refractivity (Wildman–Crippen MR) is 151 cm³/mol. The normalized spacial score (nSPS) is 14.1. The van der Waals surface area contributed by atoms with Crippen LogP contribution in [0.2, 0.25) is 0 Å². The molecule has 3 aromatic rings. The van der Waals surface area contributed by atoms with Crippen LogP contribution in [0.5, 0.6) is 5.75 Å². The van der Waals surface area contributed by atoms with E-state index in [1.54, 1.807) is 0 Å². The van der Waals surface area contributed by atoms with E-state index in [1.807, 2.05) is 36.6 Å². The first-order chi connectivity index (χ1) is 18.7. The number of aryl methyl sites for hydroxylation is 2. The molecular formula is C26H31N3O7S3. The van der Waals surface area contributed by atoms with Crippen LogP contribution in [-0.4, -0.2) is 56.0 Å². The van der Waals surface area contributed by atoms with Gasteiger partial charge in [-0.2, -0.15) is 4.99 Å². The number of hydrogen-bond donors (Lipinski definition) is 1. The molecule has 10 nitrogen and oxygen atoms in total. The fraction of sp³-hybridized carbons (Fsp3) is 0.462. The van der Waals surface area contributed by atoms with Gasteiger partial charge in [-0.3, -0.25) is 9.59 Å². The zero-order chi connectivity index (χ0) is 28.2. The third-order valence-corrected chi connectivity index (χ3v) is 9.90. The van der Waals surface area contributed by atoms with Crippen LogP contribution in [0, 0.1) is 0 Å². The first-order valence-electron chi connectivity index (χ1n) is 12.7. The summed E-state index contributed by atoms with van der Waals surface area (Å²) in [6.45, 7) is 4.84. The Labute approximate surface area is 234 Å². The predicted octanol–water partition coefficient (Wildman–Crippen LogP) is 3.72. The number of fused-ring (bicyclic) bond motifs is 2. The summed E-state index contributed by atoms with van der Waals surface area (Å²) in [6.07, 6.45) is 4.44. The van der Waals surface area contributed by atoms with Gasteiger partial charge in [0, 0.05) is 11.4 Å². The van der Waals surface area contributed by atoms with Crippen molar-refractivity contribution < 1.29 is 32.3 Å². The average Bonchev–Trinajstić information content (AvgIpc) is 3.29. The van der Waals surface area contributed by atoms with Gasteiger partial charge < -0.3 is 19.4 Å². The largest absolute Gasteiger partial charge is 0.494 e.